The van der Waals surface area contributed by atoms with Crippen LogP contribution in [0.15, 0.2) is 12.1 Å². The molecule has 1 saturated carbocycles. The number of nitrogens with two attached hydrogens (primary N) is 1. The summed E-state index contributed by atoms with van der Waals surface area (Å²) in [5.74, 6) is 1.16. The van der Waals surface area contributed by atoms with E-state index in [0.29, 0.717) is 41.9 Å². The van der Waals surface area contributed by atoms with E-state index in [1.165, 1.54) is 21.3 Å². The summed E-state index contributed by atoms with van der Waals surface area (Å²) in [6, 6.07) is 3.56. The number of hydrogen-bond donors (Lipinski definition) is 2. The largest absolute Gasteiger partial charge is 0.493 e. The van der Waals surface area contributed by atoms with Crippen LogP contribution in [0.4, 0.5) is 5.69 Å². The second kappa shape index (κ2) is 8.68. The van der Waals surface area contributed by atoms with E-state index < -0.39 is 0 Å². The average Bonchev–Trinajstić information content (AvgIpc) is 3.32. The highest BCUT2D eigenvalue weighted by atomic mass is 16.5. The maximum atomic E-state index is 12.7. The number of methoxy groups -OCH3 is 3. The Bertz CT molecular complexity index is 714. The van der Waals surface area contributed by atoms with E-state index in [2.05, 4.69) is 5.32 Å². The summed E-state index contributed by atoms with van der Waals surface area (Å²) >= 11 is 0. The molecule has 0 radical (unpaired) electrons. The second-order valence-electron chi connectivity index (χ2n) is 7.33. The lowest BCUT2D eigenvalue weighted by Crippen LogP contribution is -2.43. The Balaban J connectivity index is 1.75. The van der Waals surface area contributed by atoms with E-state index in [0.717, 1.165) is 19.3 Å². The van der Waals surface area contributed by atoms with Gasteiger partial charge in [-0.3, -0.25) is 9.59 Å². The average molecular weight is 391 g/mol. The van der Waals surface area contributed by atoms with E-state index in [1.54, 1.807) is 17.0 Å². The molecule has 3 N–H and O–H groups in total. The van der Waals surface area contributed by atoms with Crippen LogP contribution in [0.1, 0.15) is 25.7 Å². The fourth-order valence-corrected chi connectivity index (χ4v) is 4.17. The van der Waals surface area contributed by atoms with Gasteiger partial charge in [0.15, 0.2) is 11.5 Å². The predicted octanol–water partition coefficient (Wildman–Crippen LogP) is 1.31. The molecule has 3 unspecified atom stereocenters. The van der Waals surface area contributed by atoms with Gasteiger partial charge < -0.3 is 30.2 Å². The van der Waals surface area contributed by atoms with Crippen LogP contribution >= 0.6 is 0 Å². The maximum Gasteiger partial charge on any atom is 0.227 e. The van der Waals surface area contributed by atoms with Crippen molar-refractivity contribution in [3.8, 4) is 17.2 Å². The highest BCUT2D eigenvalue weighted by Gasteiger charge is 2.38. The molecule has 154 valence electrons. The summed E-state index contributed by atoms with van der Waals surface area (Å²) in [7, 11) is 4.58. The van der Waals surface area contributed by atoms with Gasteiger partial charge in [0.05, 0.1) is 32.9 Å². The molecule has 2 aliphatic rings. The third-order valence-corrected chi connectivity index (χ3v) is 5.75. The van der Waals surface area contributed by atoms with Crippen molar-refractivity contribution in [3.05, 3.63) is 12.1 Å². The number of nitrogens with one attached hydrogen (secondary N) is 1. The van der Waals surface area contributed by atoms with Crippen molar-refractivity contribution in [2.24, 2.45) is 17.6 Å². The molecule has 1 saturated heterocycles. The summed E-state index contributed by atoms with van der Waals surface area (Å²) in [5, 5.41) is 3.11. The van der Waals surface area contributed by atoms with Gasteiger partial charge in [0, 0.05) is 31.1 Å². The van der Waals surface area contributed by atoms with Crippen molar-refractivity contribution in [1.29, 1.82) is 0 Å². The van der Waals surface area contributed by atoms with Crippen molar-refractivity contribution >= 4 is 17.5 Å². The molecule has 3 atom stereocenters. The minimum absolute atomic E-state index is 0.0753. The number of hydrogen-bond acceptors (Lipinski definition) is 6. The van der Waals surface area contributed by atoms with Gasteiger partial charge in [-0.25, -0.2) is 0 Å². The van der Waals surface area contributed by atoms with Gasteiger partial charge in [-0.15, -0.1) is 0 Å². The lowest BCUT2D eigenvalue weighted by atomic mass is 10.0. The molecule has 28 heavy (non-hydrogen) atoms. The molecule has 1 aromatic carbocycles. The molecule has 8 heteroatoms. The molecule has 2 amide bonds. The standard InChI is InChI=1S/C20H29N3O5/c1-26-16-8-14(9-17(27-2)19(16)28-3)23-11-13(7-18(23)24)20(25)22-15-6-4-5-12(15)10-21/h8-9,12-13,15H,4-7,10-11,21H2,1-3H3,(H,22,25). The number of carbonyl (C=O) groups is 2. The highest BCUT2D eigenvalue weighted by molar-refractivity contribution is 6.00. The van der Waals surface area contributed by atoms with E-state index >= 15 is 0 Å². The normalized spacial score (nSPS) is 24.4. The first-order valence-corrected chi connectivity index (χ1v) is 9.63. The van der Waals surface area contributed by atoms with Gasteiger partial charge >= 0.3 is 0 Å². The first-order chi connectivity index (χ1) is 13.5. The Morgan fingerprint density at radius 3 is 2.43 bits per heavy atom. The van der Waals surface area contributed by atoms with Crippen LogP contribution in [-0.2, 0) is 9.59 Å². The van der Waals surface area contributed by atoms with Crippen LogP contribution in [0.25, 0.3) is 0 Å². The fourth-order valence-electron chi connectivity index (χ4n) is 4.17. The second-order valence-corrected chi connectivity index (χ2v) is 7.33. The molecule has 1 heterocycles. The van der Waals surface area contributed by atoms with Gasteiger partial charge in [-0.1, -0.05) is 6.42 Å². The van der Waals surface area contributed by atoms with E-state index in [4.69, 9.17) is 19.9 Å². The number of anilines is 1. The number of rotatable bonds is 7. The number of amides is 2. The molecule has 1 aliphatic carbocycles. The van der Waals surface area contributed by atoms with Crippen LogP contribution < -0.4 is 30.2 Å². The number of ether oxygens (including phenoxy) is 3. The first-order valence-electron chi connectivity index (χ1n) is 9.63. The molecular formula is C20H29N3O5. The third kappa shape index (κ3) is 3.87. The van der Waals surface area contributed by atoms with Crippen molar-refractivity contribution < 1.29 is 23.8 Å². The zero-order valence-corrected chi connectivity index (χ0v) is 16.7. The number of carbonyl (C=O) groups excluding carboxylic acids is 2. The molecule has 0 aromatic heterocycles. The van der Waals surface area contributed by atoms with E-state index in [1.807, 2.05) is 0 Å². The van der Waals surface area contributed by atoms with Crippen molar-refractivity contribution in [3.63, 3.8) is 0 Å². The molecule has 0 bridgehead atoms. The Labute approximate surface area is 165 Å². The van der Waals surface area contributed by atoms with E-state index in [9.17, 15) is 9.59 Å². The fraction of sp³-hybridized carbons (Fsp3) is 0.600. The van der Waals surface area contributed by atoms with Gasteiger partial charge in [-0.2, -0.15) is 0 Å². The SMILES string of the molecule is COc1cc(N2CC(C(=O)NC3CCCC3CN)CC2=O)cc(OC)c1OC. The Kier molecular flexibility index (Phi) is 6.28. The number of benzene rings is 1. The smallest absolute Gasteiger partial charge is 0.227 e. The minimum Gasteiger partial charge on any atom is -0.493 e. The molecule has 2 fully saturated rings. The molecule has 1 aromatic rings. The lowest BCUT2D eigenvalue weighted by molar-refractivity contribution is -0.127. The van der Waals surface area contributed by atoms with Gasteiger partial charge in [-0.05, 0) is 25.3 Å². The summed E-state index contributed by atoms with van der Waals surface area (Å²) in [6.45, 7) is 0.898. The Morgan fingerprint density at radius 2 is 1.86 bits per heavy atom. The molecule has 8 nitrogen and oxygen atoms in total. The molecular weight excluding hydrogens is 362 g/mol. The van der Waals surface area contributed by atoms with Gasteiger partial charge in [0.25, 0.3) is 0 Å². The van der Waals surface area contributed by atoms with Crippen molar-refractivity contribution in [1.82, 2.24) is 5.32 Å². The summed E-state index contributed by atoms with van der Waals surface area (Å²) in [4.78, 5) is 26.9. The zero-order valence-electron chi connectivity index (χ0n) is 16.7. The van der Waals surface area contributed by atoms with Crippen LogP contribution in [0.5, 0.6) is 17.2 Å². The van der Waals surface area contributed by atoms with Crippen molar-refractivity contribution in [2.45, 2.75) is 31.7 Å². The summed E-state index contributed by atoms with van der Waals surface area (Å²) < 4.78 is 16.1. The Hall–Kier alpha value is -2.48. The predicted molar refractivity (Wildman–Crippen MR) is 105 cm³/mol. The minimum atomic E-state index is -0.384. The van der Waals surface area contributed by atoms with Crippen molar-refractivity contribution in [2.75, 3.05) is 39.3 Å². The van der Waals surface area contributed by atoms with Gasteiger partial charge in [0.2, 0.25) is 17.6 Å². The quantitative estimate of drug-likeness (QED) is 0.726. The monoisotopic (exact) mass is 391 g/mol. The highest BCUT2D eigenvalue weighted by Crippen LogP contribution is 2.42. The summed E-state index contributed by atoms with van der Waals surface area (Å²) in [5.41, 5.74) is 6.43. The van der Waals surface area contributed by atoms with Gasteiger partial charge in [0.1, 0.15) is 0 Å². The molecule has 3 rings (SSSR count). The lowest BCUT2D eigenvalue weighted by Gasteiger charge is -2.22. The topological polar surface area (TPSA) is 103 Å². The van der Waals surface area contributed by atoms with Crippen LogP contribution in [0.3, 0.4) is 0 Å². The number of nitrogens with zero attached hydrogens (tertiary/aromatic N) is 1. The maximum absolute atomic E-state index is 12.7. The third-order valence-electron chi connectivity index (χ3n) is 5.75. The zero-order chi connectivity index (χ0) is 20.3. The van der Waals surface area contributed by atoms with Crippen LogP contribution in [-0.4, -0.2) is 52.3 Å². The summed E-state index contributed by atoms with van der Waals surface area (Å²) in [6.07, 6.45) is 3.25. The molecule has 1 aliphatic heterocycles. The van der Waals surface area contributed by atoms with E-state index in [-0.39, 0.29) is 30.2 Å². The van der Waals surface area contributed by atoms with Crippen LogP contribution in [0, 0.1) is 11.8 Å². The first kappa shape index (κ1) is 20.3. The molecule has 0 spiro atoms. The Morgan fingerprint density at radius 1 is 1.18 bits per heavy atom. The van der Waals surface area contributed by atoms with Crippen LogP contribution in [0.2, 0.25) is 0 Å².